The van der Waals surface area contributed by atoms with Crippen molar-refractivity contribution in [3.05, 3.63) is 20.9 Å². The Balaban J connectivity index is 2.83. The van der Waals surface area contributed by atoms with Crippen LogP contribution in [0.3, 0.4) is 0 Å². The molecule has 0 saturated carbocycles. The third-order valence-corrected chi connectivity index (χ3v) is 3.83. The van der Waals surface area contributed by atoms with E-state index in [-0.39, 0.29) is 32.5 Å². The van der Waals surface area contributed by atoms with Gasteiger partial charge in [-0.1, -0.05) is 37.0 Å². The number of esters is 1. The number of aromatic nitrogens is 1. The normalized spacial score (nSPS) is 12.1. The average molecular weight is 370 g/mol. The van der Waals surface area contributed by atoms with E-state index >= 15 is 0 Å². The lowest BCUT2D eigenvalue weighted by Crippen LogP contribution is -2.38. The van der Waals surface area contributed by atoms with Crippen molar-refractivity contribution in [3.63, 3.8) is 0 Å². The Hall–Kier alpha value is -1.24. The van der Waals surface area contributed by atoms with Crippen LogP contribution in [-0.4, -0.2) is 24.5 Å². The quantitative estimate of drug-likeness (QED) is 0.615. The minimum Gasteiger partial charge on any atom is -0.445 e. The number of rotatable bonds is 5. The molecular formula is C13H17Cl3N3O3+. The van der Waals surface area contributed by atoms with Crippen LogP contribution in [-0.2, 0) is 9.53 Å². The van der Waals surface area contributed by atoms with Crippen LogP contribution in [0.4, 0.5) is 5.69 Å². The first-order valence-electron chi connectivity index (χ1n) is 6.49. The standard InChI is InChI=1S/C13H16Cl3N3O3/c1-5(2)4-18-12(20)6(3)22-13(21)10-7(14)9(17)8(15)11(16)19-10/h5-6H,4H2,1-3H3,(H2,17,19)(H,18,20)/p+1/t6-/m0/s1. The number of hydrogen-bond donors (Lipinski definition) is 2. The van der Waals surface area contributed by atoms with Crippen molar-refractivity contribution < 1.29 is 19.3 Å². The lowest BCUT2D eigenvalue weighted by molar-refractivity contribution is -0.380. The molecule has 0 radical (unpaired) electrons. The molecule has 0 fully saturated rings. The minimum absolute atomic E-state index is 0.00550. The van der Waals surface area contributed by atoms with Gasteiger partial charge in [-0.15, -0.1) is 0 Å². The molecule has 122 valence electrons. The van der Waals surface area contributed by atoms with E-state index in [9.17, 15) is 9.59 Å². The fraction of sp³-hybridized carbons (Fsp3) is 0.462. The molecule has 0 saturated heterocycles. The molecule has 1 heterocycles. The third-order valence-electron chi connectivity index (χ3n) is 2.66. The summed E-state index contributed by atoms with van der Waals surface area (Å²) in [6, 6.07) is 0. The summed E-state index contributed by atoms with van der Waals surface area (Å²) >= 11 is 17.5. The zero-order valence-electron chi connectivity index (χ0n) is 12.3. The van der Waals surface area contributed by atoms with Crippen molar-refractivity contribution in [3.8, 4) is 0 Å². The average Bonchev–Trinajstić information content (AvgIpc) is 2.45. The maximum absolute atomic E-state index is 12.1. The molecule has 0 spiro atoms. The molecule has 9 heteroatoms. The number of carbonyl (C=O) groups excluding carboxylic acids is 2. The highest BCUT2D eigenvalue weighted by Crippen LogP contribution is 2.32. The summed E-state index contributed by atoms with van der Waals surface area (Å²) in [5, 5.41) is 2.49. The first kappa shape index (κ1) is 18.8. The Kier molecular flexibility index (Phi) is 6.71. The zero-order chi connectivity index (χ0) is 17.0. The van der Waals surface area contributed by atoms with Crippen LogP contribution in [0, 0.1) is 5.92 Å². The van der Waals surface area contributed by atoms with E-state index in [4.69, 9.17) is 45.3 Å². The highest BCUT2D eigenvalue weighted by molar-refractivity contribution is 6.45. The molecule has 22 heavy (non-hydrogen) atoms. The number of nitrogens with one attached hydrogen (secondary N) is 2. The SMILES string of the molecule is CC(C)CNC(=O)[C@H](C)OC(=O)c1[nH+]c(Cl)c(Cl)c(N)c1Cl. The molecule has 1 atom stereocenters. The lowest BCUT2D eigenvalue weighted by Gasteiger charge is -2.14. The highest BCUT2D eigenvalue weighted by Gasteiger charge is 2.29. The van der Waals surface area contributed by atoms with Gasteiger partial charge in [0.25, 0.3) is 11.1 Å². The van der Waals surface area contributed by atoms with Crippen molar-refractivity contribution in [2.45, 2.75) is 26.9 Å². The molecule has 4 N–H and O–H groups in total. The molecule has 0 aliphatic carbocycles. The summed E-state index contributed by atoms with van der Waals surface area (Å²) in [6.07, 6.45) is -0.994. The van der Waals surface area contributed by atoms with E-state index in [0.29, 0.717) is 6.54 Å². The van der Waals surface area contributed by atoms with Gasteiger partial charge in [-0.05, 0) is 24.4 Å². The van der Waals surface area contributed by atoms with Gasteiger partial charge in [-0.25, -0.2) is 4.79 Å². The third kappa shape index (κ3) is 4.63. The summed E-state index contributed by atoms with van der Waals surface area (Å²) in [5.41, 5.74) is 5.42. The van der Waals surface area contributed by atoms with E-state index in [1.807, 2.05) is 13.8 Å². The number of nitrogens with two attached hydrogens (primary N) is 1. The molecule has 0 unspecified atom stereocenters. The van der Waals surface area contributed by atoms with E-state index < -0.39 is 18.0 Å². The van der Waals surface area contributed by atoms with Crippen LogP contribution in [0.1, 0.15) is 31.3 Å². The molecule has 1 amide bonds. The van der Waals surface area contributed by atoms with Gasteiger partial charge in [0.2, 0.25) is 0 Å². The van der Waals surface area contributed by atoms with Gasteiger partial charge < -0.3 is 15.8 Å². The van der Waals surface area contributed by atoms with Gasteiger partial charge >= 0.3 is 11.7 Å². The van der Waals surface area contributed by atoms with Crippen LogP contribution < -0.4 is 16.0 Å². The van der Waals surface area contributed by atoms with Crippen LogP contribution in [0.5, 0.6) is 0 Å². The fourth-order valence-corrected chi connectivity index (χ4v) is 2.04. The number of nitrogen functional groups attached to an aromatic ring is 1. The highest BCUT2D eigenvalue weighted by atomic mass is 35.5. The number of H-pyrrole nitrogens is 1. The second-order valence-corrected chi connectivity index (χ2v) is 6.18. The number of hydrogen-bond acceptors (Lipinski definition) is 4. The summed E-state index contributed by atoms with van der Waals surface area (Å²) in [6.45, 7) is 5.82. The summed E-state index contributed by atoms with van der Waals surface area (Å²) in [7, 11) is 0. The van der Waals surface area contributed by atoms with Crippen molar-refractivity contribution in [2.75, 3.05) is 12.3 Å². The molecule has 0 aliphatic rings. The van der Waals surface area contributed by atoms with E-state index in [0.717, 1.165) is 0 Å². The van der Waals surface area contributed by atoms with E-state index in [1.165, 1.54) is 6.92 Å². The Labute approximate surface area is 143 Å². The molecule has 6 nitrogen and oxygen atoms in total. The van der Waals surface area contributed by atoms with Crippen molar-refractivity contribution in [1.29, 1.82) is 0 Å². The van der Waals surface area contributed by atoms with Gasteiger partial charge in [0, 0.05) is 6.54 Å². The molecule has 1 aromatic heterocycles. The number of carbonyl (C=O) groups is 2. The Morgan fingerprint density at radius 1 is 1.23 bits per heavy atom. The van der Waals surface area contributed by atoms with Crippen LogP contribution >= 0.6 is 34.8 Å². The predicted octanol–water partition coefficient (Wildman–Crippen LogP) is 2.36. The molecule has 1 rings (SSSR count). The van der Waals surface area contributed by atoms with Crippen molar-refractivity contribution in [2.24, 2.45) is 5.92 Å². The monoisotopic (exact) mass is 368 g/mol. The second kappa shape index (κ2) is 7.85. The molecule has 1 aromatic rings. The Morgan fingerprint density at radius 3 is 2.36 bits per heavy atom. The first-order chi connectivity index (χ1) is 10.1. The Bertz CT molecular complexity index is 594. The number of amides is 1. The number of halogens is 3. The van der Waals surface area contributed by atoms with Gasteiger partial charge in [0.15, 0.2) is 6.10 Å². The Morgan fingerprint density at radius 2 is 1.82 bits per heavy atom. The minimum atomic E-state index is -0.994. The number of pyridine rings is 1. The maximum Gasteiger partial charge on any atom is 0.406 e. The van der Waals surface area contributed by atoms with Crippen LogP contribution in [0.25, 0.3) is 0 Å². The molecule has 0 bridgehead atoms. The summed E-state index contributed by atoms with van der Waals surface area (Å²) in [4.78, 5) is 26.3. The smallest absolute Gasteiger partial charge is 0.406 e. The van der Waals surface area contributed by atoms with E-state index in [1.54, 1.807) is 0 Å². The van der Waals surface area contributed by atoms with Gasteiger partial charge in [-0.2, -0.15) is 4.98 Å². The number of aromatic amines is 1. The van der Waals surface area contributed by atoms with Gasteiger partial charge in [-0.3, -0.25) is 4.79 Å². The molecular weight excluding hydrogens is 353 g/mol. The summed E-state index contributed by atoms with van der Waals surface area (Å²) in [5.74, 6) is -0.988. The topological polar surface area (TPSA) is 95.6 Å². The largest absolute Gasteiger partial charge is 0.445 e. The lowest BCUT2D eigenvalue weighted by atomic mass is 10.2. The second-order valence-electron chi connectivity index (χ2n) is 5.04. The molecule has 0 aliphatic heterocycles. The van der Waals surface area contributed by atoms with Gasteiger partial charge in [0.05, 0.1) is 5.69 Å². The van der Waals surface area contributed by atoms with Crippen molar-refractivity contribution in [1.82, 2.24) is 5.32 Å². The summed E-state index contributed by atoms with van der Waals surface area (Å²) < 4.78 is 5.04. The van der Waals surface area contributed by atoms with Crippen LogP contribution in [0.2, 0.25) is 15.2 Å². The van der Waals surface area contributed by atoms with Gasteiger partial charge in [0.1, 0.15) is 10.0 Å². The predicted molar refractivity (Wildman–Crippen MR) is 85.2 cm³/mol. The van der Waals surface area contributed by atoms with Crippen LogP contribution in [0.15, 0.2) is 0 Å². The number of anilines is 1. The zero-order valence-corrected chi connectivity index (χ0v) is 14.6. The fourth-order valence-electron chi connectivity index (χ4n) is 1.43. The first-order valence-corrected chi connectivity index (χ1v) is 7.62. The maximum atomic E-state index is 12.1. The molecule has 0 aromatic carbocycles. The number of ether oxygens (including phenoxy) is 1. The van der Waals surface area contributed by atoms with E-state index in [2.05, 4.69) is 10.3 Å². The van der Waals surface area contributed by atoms with Crippen molar-refractivity contribution >= 4 is 52.4 Å².